The van der Waals surface area contributed by atoms with Crippen molar-refractivity contribution in [1.82, 2.24) is 9.55 Å². The molecule has 4 rings (SSSR count). The summed E-state index contributed by atoms with van der Waals surface area (Å²) >= 11 is 5.90. The Morgan fingerprint density at radius 1 is 1.39 bits per heavy atom. The van der Waals surface area contributed by atoms with Gasteiger partial charge >= 0.3 is 13.5 Å². The minimum atomic E-state index is -4.24. The molecule has 2 aromatic rings. The van der Waals surface area contributed by atoms with Crippen LogP contribution in [0.5, 0.6) is 0 Å². The number of aliphatic hydroxyl groups excluding tert-OH is 1. The van der Waals surface area contributed by atoms with Gasteiger partial charge in [-0.05, 0) is 25.1 Å². The predicted octanol–water partition coefficient (Wildman–Crippen LogP) is 2.62. The fourth-order valence-electron chi connectivity index (χ4n) is 3.68. The van der Waals surface area contributed by atoms with Gasteiger partial charge in [0.25, 0.3) is 5.56 Å². The maximum absolute atomic E-state index is 15.2. The van der Waals surface area contributed by atoms with Crippen molar-refractivity contribution in [1.29, 1.82) is 0 Å². The molecule has 0 spiro atoms. The summed E-state index contributed by atoms with van der Waals surface area (Å²) in [7, 11) is -4.24. The van der Waals surface area contributed by atoms with Crippen LogP contribution in [0, 0.1) is 5.82 Å². The van der Waals surface area contributed by atoms with Crippen molar-refractivity contribution in [3.8, 4) is 0 Å². The lowest BCUT2D eigenvalue weighted by molar-refractivity contribution is -0.0655. The minimum absolute atomic E-state index is 0.0700. The van der Waals surface area contributed by atoms with E-state index in [1.165, 1.54) is 12.1 Å². The van der Waals surface area contributed by atoms with E-state index in [1.54, 1.807) is 0 Å². The summed E-state index contributed by atoms with van der Waals surface area (Å²) in [5.74, 6) is -0.616. The van der Waals surface area contributed by atoms with Gasteiger partial charge in [-0.15, -0.1) is 0 Å². The molecule has 0 bridgehead atoms. The highest BCUT2D eigenvalue weighted by Gasteiger charge is 2.56. The van der Waals surface area contributed by atoms with Crippen molar-refractivity contribution in [3.63, 3.8) is 0 Å². The van der Waals surface area contributed by atoms with Gasteiger partial charge in [0.05, 0.1) is 19.3 Å². The maximum Gasteiger partial charge on any atom is 0.475 e. The Balaban J connectivity index is 1.48. The Labute approximate surface area is 190 Å². The quantitative estimate of drug-likeness (QED) is 0.590. The molecule has 180 valence electrons. The molecule has 3 heterocycles. The summed E-state index contributed by atoms with van der Waals surface area (Å²) in [5, 5.41) is 10.7. The molecule has 0 radical (unpaired) electrons. The Kier molecular flexibility index (Phi) is 6.62. The molecular formula is C19H20ClF2N2O8P. The number of H-pyrrole nitrogens is 1. The third-order valence-corrected chi connectivity index (χ3v) is 7.12. The van der Waals surface area contributed by atoms with E-state index in [0.717, 1.165) is 29.8 Å². The average Bonchev–Trinajstić information content (AvgIpc) is 2.97. The molecule has 6 atom stereocenters. The number of hydrogen-bond donors (Lipinski definition) is 2. The van der Waals surface area contributed by atoms with Gasteiger partial charge in [-0.2, -0.15) is 0 Å². The molecule has 14 heteroatoms. The van der Waals surface area contributed by atoms with Gasteiger partial charge in [0.1, 0.15) is 18.0 Å². The number of alkyl halides is 1. The number of halogens is 3. The predicted molar refractivity (Wildman–Crippen MR) is 110 cm³/mol. The standard InChI is InChI=1S/C19H20ClF2N2O8P/c1-19(22)16(26)14(31-17(19)24-6-4-15(25)23-18(24)27)9-30-33(28)29-7-5-13(32-33)11-8-10(20)2-3-12(11)21/h2-4,6,8,13-14,16-17,26H,5,7,9H2,1H3,(H,23,25,27)/t13-,14+,16+,17+,19+,33+/m0/s1. The molecule has 0 aliphatic carbocycles. The van der Waals surface area contributed by atoms with Crippen molar-refractivity contribution in [2.24, 2.45) is 0 Å². The number of ether oxygens (including phenoxy) is 1. The number of benzene rings is 1. The van der Waals surface area contributed by atoms with Crippen LogP contribution in [0.1, 0.15) is 31.2 Å². The second kappa shape index (κ2) is 9.03. The largest absolute Gasteiger partial charge is 0.475 e. The molecule has 2 N–H and O–H groups in total. The second-order valence-electron chi connectivity index (χ2n) is 7.77. The van der Waals surface area contributed by atoms with Gasteiger partial charge in [-0.1, -0.05) is 11.6 Å². The van der Waals surface area contributed by atoms with Crippen molar-refractivity contribution >= 4 is 19.4 Å². The summed E-state index contributed by atoms with van der Waals surface area (Å²) in [6.45, 7) is 0.295. The summed E-state index contributed by atoms with van der Waals surface area (Å²) in [6, 6.07) is 4.83. The zero-order chi connectivity index (χ0) is 24.0. The Morgan fingerprint density at radius 3 is 2.88 bits per heavy atom. The van der Waals surface area contributed by atoms with Crippen molar-refractivity contribution < 1.29 is 36.8 Å². The van der Waals surface area contributed by atoms with Crippen LogP contribution in [0.3, 0.4) is 0 Å². The Hall–Kier alpha value is -1.92. The van der Waals surface area contributed by atoms with E-state index in [1.807, 2.05) is 4.98 Å². The van der Waals surface area contributed by atoms with Crippen LogP contribution >= 0.6 is 19.4 Å². The first-order valence-corrected chi connectivity index (χ1v) is 11.7. The van der Waals surface area contributed by atoms with Gasteiger partial charge in [0.2, 0.25) is 0 Å². The number of phosphoric ester groups is 1. The molecule has 0 amide bonds. The number of aromatic nitrogens is 2. The molecule has 33 heavy (non-hydrogen) atoms. The SMILES string of the molecule is C[C@@]1(F)[C@H](O)[C@@H](CO[P@@]2(=O)OCC[C@@H](c3cc(Cl)ccc3F)O2)O[C@H]1n1ccc(=O)[nH]c1=O. The highest BCUT2D eigenvalue weighted by Crippen LogP contribution is 2.57. The molecule has 0 unspecified atom stereocenters. The number of nitrogens with one attached hydrogen (secondary N) is 1. The van der Waals surface area contributed by atoms with Gasteiger partial charge in [-0.3, -0.25) is 27.9 Å². The lowest BCUT2D eigenvalue weighted by Crippen LogP contribution is -2.43. The topological polar surface area (TPSA) is 129 Å². The number of hydrogen-bond acceptors (Lipinski definition) is 8. The molecule has 0 saturated carbocycles. The van der Waals surface area contributed by atoms with Crippen LogP contribution in [0.2, 0.25) is 5.02 Å². The summed E-state index contributed by atoms with van der Waals surface area (Å²) in [4.78, 5) is 25.3. The molecule has 2 aliphatic heterocycles. The summed E-state index contributed by atoms with van der Waals surface area (Å²) < 4.78 is 64.3. The first-order chi connectivity index (χ1) is 15.5. The fraction of sp³-hybridized carbons (Fsp3) is 0.474. The first-order valence-electron chi connectivity index (χ1n) is 9.86. The van der Waals surface area contributed by atoms with Crippen LogP contribution in [0.15, 0.2) is 40.1 Å². The lowest BCUT2D eigenvalue weighted by atomic mass is 9.98. The van der Waals surface area contributed by atoms with E-state index in [0.29, 0.717) is 0 Å². The molecule has 2 fully saturated rings. The summed E-state index contributed by atoms with van der Waals surface area (Å²) in [5.41, 5.74) is -4.03. The Bertz CT molecular complexity index is 1200. The van der Waals surface area contributed by atoms with Crippen molar-refractivity contribution in [3.05, 3.63) is 67.7 Å². The van der Waals surface area contributed by atoms with Gasteiger partial charge in [-0.25, -0.2) is 18.1 Å². The summed E-state index contributed by atoms with van der Waals surface area (Å²) in [6.07, 6.45) is -4.54. The van der Waals surface area contributed by atoms with E-state index in [9.17, 15) is 23.7 Å². The van der Waals surface area contributed by atoms with E-state index in [-0.39, 0.29) is 23.6 Å². The number of nitrogens with zero attached hydrogens (tertiary/aromatic N) is 1. The maximum atomic E-state index is 15.2. The van der Waals surface area contributed by atoms with Crippen molar-refractivity contribution in [2.75, 3.05) is 13.2 Å². The third kappa shape index (κ3) is 4.83. The third-order valence-electron chi connectivity index (χ3n) is 5.41. The van der Waals surface area contributed by atoms with Gasteiger partial charge in [0, 0.05) is 29.3 Å². The van der Waals surface area contributed by atoms with E-state index in [4.69, 9.17) is 29.9 Å². The Morgan fingerprint density at radius 2 is 2.15 bits per heavy atom. The van der Waals surface area contributed by atoms with Crippen LogP contribution in [-0.2, 0) is 22.9 Å². The number of aromatic amines is 1. The molecule has 1 aromatic heterocycles. The smallest absolute Gasteiger partial charge is 0.387 e. The highest BCUT2D eigenvalue weighted by molar-refractivity contribution is 7.48. The van der Waals surface area contributed by atoms with Crippen LogP contribution in [0.4, 0.5) is 8.78 Å². The number of rotatable bonds is 5. The average molecular weight is 509 g/mol. The normalized spacial score (nSPS) is 34.5. The van der Waals surface area contributed by atoms with Crippen LogP contribution in [0.25, 0.3) is 0 Å². The van der Waals surface area contributed by atoms with E-state index >= 15 is 4.39 Å². The fourth-order valence-corrected chi connectivity index (χ4v) is 5.25. The highest BCUT2D eigenvalue weighted by atomic mass is 35.5. The molecule has 2 aliphatic rings. The monoisotopic (exact) mass is 508 g/mol. The zero-order valence-electron chi connectivity index (χ0n) is 17.2. The minimum Gasteiger partial charge on any atom is -0.387 e. The van der Waals surface area contributed by atoms with E-state index in [2.05, 4.69) is 0 Å². The van der Waals surface area contributed by atoms with Crippen molar-refractivity contribution in [2.45, 2.75) is 43.6 Å². The lowest BCUT2D eigenvalue weighted by Gasteiger charge is -2.30. The first kappa shape index (κ1) is 24.2. The molecule has 10 nitrogen and oxygen atoms in total. The number of phosphoric acid groups is 1. The molecular weight excluding hydrogens is 489 g/mol. The molecule has 2 saturated heterocycles. The number of aliphatic hydroxyl groups is 1. The van der Waals surface area contributed by atoms with Gasteiger partial charge in [0.15, 0.2) is 11.9 Å². The van der Waals surface area contributed by atoms with Gasteiger partial charge < -0.3 is 9.84 Å². The van der Waals surface area contributed by atoms with E-state index < -0.39 is 61.7 Å². The second-order valence-corrected chi connectivity index (χ2v) is 9.82. The molecule has 1 aromatic carbocycles. The van der Waals surface area contributed by atoms with Crippen LogP contribution in [-0.4, -0.2) is 45.7 Å². The van der Waals surface area contributed by atoms with Crippen LogP contribution < -0.4 is 11.2 Å². The zero-order valence-corrected chi connectivity index (χ0v) is 18.8.